The maximum Gasteiger partial charge on any atom is 0.299 e. The summed E-state index contributed by atoms with van der Waals surface area (Å²) in [6.45, 7) is 0.309. The van der Waals surface area contributed by atoms with Crippen molar-refractivity contribution in [2.24, 2.45) is 0 Å². The van der Waals surface area contributed by atoms with Crippen LogP contribution in [0.15, 0.2) is 53.0 Å². The van der Waals surface area contributed by atoms with Gasteiger partial charge in [0.05, 0.1) is 18.1 Å². The van der Waals surface area contributed by atoms with Crippen molar-refractivity contribution in [2.45, 2.75) is 6.61 Å². The standard InChI is InChI=1S/C17H13BrN2O4/c1-23-13-8-11-6-7-16(19-17(11)15(9-13)20(21)22)24-10-12-4-2-3-5-14(12)18/h2-9H,10H2,1H3. The first-order valence-electron chi connectivity index (χ1n) is 7.08. The Morgan fingerprint density at radius 3 is 2.71 bits per heavy atom. The van der Waals surface area contributed by atoms with Gasteiger partial charge in [0.2, 0.25) is 5.88 Å². The second kappa shape index (κ2) is 6.84. The lowest BCUT2D eigenvalue weighted by Crippen LogP contribution is -1.99. The van der Waals surface area contributed by atoms with Crippen molar-refractivity contribution in [1.29, 1.82) is 0 Å². The zero-order valence-electron chi connectivity index (χ0n) is 12.7. The molecule has 7 heteroatoms. The van der Waals surface area contributed by atoms with Crippen molar-refractivity contribution in [2.75, 3.05) is 7.11 Å². The van der Waals surface area contributed by atoms with Gasteiger partial charge in [0.1, 0.15) is 12.4 Å². The largest absolute Gasteiger partial charge is 0.496 e. The van der Waals surface area contributed by atoms with Crippen LogP contribution >= 0.6 is 15.9 Å². The van der Waals surface area contributed by atoms with E-state index >= 15 is 0 Å². The van der Waals surface area contributed by atoms with E-state index in [4.69, 9.17) is 9.47 Å². The Hall–Kier alpha value is -2.67. The summed E-state index contributed by atoms with van der Waals surface area (Å²) in [6.07, 6.45) is 0. The number of fused-ring (bicyclic) bond motifs is 1. The van der Waals surface area contributed by atoms with Crippen LogP contribution in [-0.2, 0) is 6.61 Å². The molecule has 0 amide bonds. The van der Waals surface area contributed by atoms with Crippen molar-refractivity contribution >= 4 is 32.5 Å². The Labute approximate surface area is 146 Å². The second-order valence-corrected chi connectivity index (χ2v) is 5.86. The molecule has 3 aromatic rings. The highest BCUT2D eigenvalue weighted by Crippen LogP contribution is 2.31. The molecule has 1 aromatic heterocycles. The molecule has 0 atom stereocenters. The molecule has 0 fully saturated rings. The number of hydrogen-bond donors (Lipinski definition) is 0. The van der Waals surface area contributed by atoms with Crippen LogP contribution in [0.3, 0.4) is 0 Å². The van der Waals surface area contributed by atoms with E-state index in [-0.39, 0.29) is 11.2 Å². The van der Waals surface area contributed by atoms with Crippen LogP contribution < -0.4 is 9.47 Å². The van der Waals surface area contributed by atoms with Gasteiger partial charge in [-0.15, -0.1) is 0 Å². The first-order chi connectivity index (χ1) is 11.6. The summed E-state index contributed by atoms with van der Waals surface area (Å²) < 4.78 is 11.7. The van der Waals surface area contributed by atoms with E-state index in [9.17, 15) is 10.1 Å². The molecule has 0 unspecified atom stereocenters. The van der Waals surface area contributed by atoms with Crippen LogP contribution in [0.5, 0.6) is 11.6 Å². The summed E-state index contributed by atoms with van der Waals surface area (Å²) in [7, 11) is 1.47. The summed E-state index contributed by atoms with van der Waals surface area (Å²) in [5.74, 6) is 0.740. The smallest absolute Gasteiger partial charge is 0.299 e. The zero-order valence-corrected chi connectivity index (χ0v) is 14.3. The van der Waals surface area contributed by atoms with E-state index in [1.54, 1.807) is 18.2 Å². The normalized spacial score (nSPS) is 10.6. The van der Waals surface area contributed by atoms with Crippen molar-refractivity contribution in [1.82, 2.24) is 4.98 Å². The topological polar surface area (TPSA) is 74.5 Å². The Balaban J connectivity index is 1.94. The van der Waals surface area contributed by atoms with Gasteiger partial charge >= 0.3 is 0 Å². The number of halogens is 1. The average molecular weight is 389 g/mol. The SMILES string of the molecule is COc1cc([N+](=O)[O-])c2nc(OCc3ccccc3Br)ccc2c1. The fourth-order valence-electron chi connectivity index (χ4n) is 2.28. The third kappa shape index (κ3) is 3.30. The van der Waals surface area contributed by atoms with Crippen LogP contribution in [-0.4, -0.2) is 17.0 Å². The van der Waals surface area contributed by atoms with E-state index in [1.165, 1.54) is 13.2 Å². The zero-order chi connectivity index (χ0) is 17.1. The lowest BCUT2D eigenvalue weighted by atomic mass is 10.2. The summed E-state index contributed by atoms with van der Waals surface area (Å²) in [5.41, 5.74) is 1.12. The van der Waals surface area contributed by atoms with Crippen LogP contribution in [0.4, 0.5) is 5.69 Å². The number of rotatable bonds is 5. The third-order valence-electron chi connectivity index (χ3n) is 3.49. The Bertz CT molecular complexity index is 914. The molecule has 24 heavy (non-hydrogen) atoms. The van der Waals surface area contributed by atoms with Gasteiger partial charge < -0.3 is 9.47 Å². The highest BCUT2D eigenvalue weighted by atomic mass is 79.9. The van der Waals surface area contributed by atoms with Crippen molar-refractivity contribution in [3.05, 3.63) is 68.7 Å². The molecule has 3 rings (SSSR count). The van der Waals surface area contributed by atoms with Crippen molar-refractivity contribution in [3.63, 3.8) is 0 Å². The maximum absolute atomic E-state index is 11.3. The van der Waals surface area contributed by atoms with E-state index in [0.29, 0.717) is 23.6 Å². The number of non-ortho nitro benzene ring substituents is 1. The number of nitro groups is 1. The van der Waals surface area contributed by atoms with E-state index in [2.05, 4.69) is 20.9 Å². The van der Waals surface area contributed by atoms with Gasteiger partial charge in [0.15, 0.2) is 5.52 Å². The number of nitro benzene ring substituents is 1. The van der Waals surface area contributed by atoms with Gasteiger partial charge in [-0.05, 0) is 18.2 Å². The monoisotopic (exact) mass is 388 g/mol. The van der Waals surface area contributed by atoms with Crippen LogP contribution in [0.25, 0.3) is 10.9 Å². The van der Waals surface area contributed by atoms with Gasteiger partial charge in [-0.25, -0.2) is 4.98 Å². The highest BCUT2D eigenvalue weighted by Gasteiger charge is 2.17. The fourth-order valence-corrected chi connectivity index (χ4v) is 2.68. The number of methoxy groups -OCH3 is 1. The minimum Gasteiger partial charge on any atom is -0.496 e. The predicted molar refractivity (Wildman–Crippen MR) is 93.4 cm³/mol. The minimum absolute atomic E-state index is 0.115. The Kier molecular flexibility index (Phi) is 4.61. The van der Waals surface area contributed by atoms with Crippen LogP contribution in [0.1, 0.15) is 5.56 Å². The van der Waals surface area contributed by atoms with Gasteiger partial charge in [0.25, 0.3) is 5.69 Å². The lowest BCUT2D eigenvalue weighted by molar-refractivity contribution is -0.383. The number of nitrogens with zero attached hydrogens (tertiary/aromatic N) is 2. The number of hydrogen-bond acceptors (Lipinski definition) is 5. The molecule has 0 aliphatic heterocycles. The molecular weight excluding hydrogens is 376 g/mol. The molecule has 0 aliphatic rings. The maximum atomic E-state index is 11.3. The number of aromatic nitrogens is 1. The average Bonchev–Trinajstić information content (AvgIpc) is 2.59. The molecule has 0 aliphatic carbocycles. The first-order valence-corrected chi connectivity index (χ1v) is 7.87. The van der Waals surface area contributed by atoms with Gasteiger partial charge in [-0.3, -0.25) is 10.1 Å². The molecule has 0 saturated carbocycles. The molecule has 122 valence electrons. The summed E-state index contributed by atoms with van der Waals surface area (Å²) in [6, 6.07) is 14.1. The van der Waals surface area contributed by atoms with E-state index in [1.807, 2.05) is 24.3 Å². The van der Waals surface area contributed by atoms with E-state index < -0.39 is 4.92 Å². The van der Waals surface area contributed by atoms with Gasteiger partial charge in [0, 0.05) is 21.5 Å². The minimum atomic E-state index is -0.477. The molecule has 0 radical (unpaired) electrons. The molecule has 2 aromatic carbocycles. The van der Waals surface area contributed by atoms with Crippen LogP contribution in [0.2, 0.25) is 0 Å². The molecule has 0 spiro atoms. The van der Waals surface area contributed by atoms with Crippen LogP contribution in [0, 0.1) is 10.1 Å². The summed E-state index contributed by atoms with van der Waals surface area (Å²) in [4.78, 5) is 15.1. The van der Waals surface area contributed by atoms with Gasteiger partial charge in [-0.1, -0.05) is 34.1 Å². The Morgan fingerprint density at radius 2 is 2.00 bits per heavy atom. The predicted octanol–water partition coefficient (Wildman–Crippen LogP) is 4.49. The number of pyridine rings is 1. The molecule has 0 N–H and O–H groups in total. The quantitative estimate of drug-likeness (QED) is 0.475. The molecule has 0 bridgehead atoms. The second-order valence-electron chi connectivity index (χ2n) is 5.00. The Morgan fingerprint density at radius 1 is 1.21 bits per heavy atom. The lowest BCUT2D eigenvalue weighted by Gasteiger charge is -2.09. The first kappa shape index (κ1) is 16.2. The fraction of sp³-hybridized carbons (Fsp3) is 0.118. The number of benzene rings is 2. The highest BCUT2D eigenvalue weighted by molar-refractivity contribution is 9.10. The van der Waals surface area contributed by atoms with E-state index in [0.717, 1.165) is 10.0 Å². The molecule has 1 heterocycles. The molecule has 6 nitrogen and oxygen atoms in total. The van der Waals surface area contributed by atoms with Crippen molar-refractivity contribution in [3.8, 4) is 11.6 Å². The summed E-state index contributed by atoms with van der Waals surface area (Å²) >= 11 is 3.45. The third-order valence-corrected chi connectivity index (χ3v) is 4.26. The number of ether oxygens (including phenoxy) is 2. The molecule has 0 saturated heterocycles. The van der Waals surface area contributed by atoms with Gasteiger partial charge in [-0.2, -0.15) is 0 Å². The molecular formula is C17H13BrN2O4. The van der Waals surface area contributed by atoms with Crippen molar-refractivity contribution < 1.29 is 14.4 Å². The summed E-state index contributed by atoms with van der Waals surface area (Å²) in [5, 5.41) is 11.9.